The highest BCUT2D eigenvalue weighted by Gasteiger charge is 2.03. The molecule has 2 N–H and O–H groups in total. The van der Waals surface area contributed by atoms with Crippen LogP contribution in [-0.2, 0) is 6.42 Å². The van der Waals surface area contributed by atoms with Crippen LogP contribution in [-0.4, -0.2) is 20.8 Å². The summed E-state index contributed by atoms with van der Waals surface area (Å²) in [6.07, 6.45) is 7.70. The van der Waals surface area contributed by atoms with E-state index in [0.717, 1.165) is 17.7 Å². The van der Waals surface area contributed by atoms with Crippen LogP contribution in [0.4, 0.5) is 0 Å². The van der Waals surface area contributed by atoms with Crippen LogP contribution in [0.3, 0.4) is 0 Å². The summed E-state index contributed by atoms with van der Waals surface area (Å²) >= 11 is 5.81. The highest BCUT2D eigenvalue weighted by atomic mass is 35.5. The van der Waals surface area contributed by atoms with E-state index in [4.69, 9.17) is 17.3 Å². The molecule has 84 valence electrons. The molecule has 5 heteroatoms. The number of rotatable bonds is 3. The number of hydrogen-bond donors (Lipinski definition) is 1. The van der Waals surface area contributed by atoms with Crippen molar-refractivity contribution in [3.8, 4) is 5.69 Å². The van der Waals surface area contributed by atoms with Gasteiger partial charge in [0.1, 0.15) is 0 Å². The van der Waals surface area contributed by atoms with Crippen LogP contribution >= 0.6 is 11.6 Å². The van der Waals surface area contributed by atoms with E-state index in [-0.39, 0.29) is 6.04 Å². The molecule has 16 heavy (non-hydrogen) atoms. The predicted molar refractivity (Wildman–Crippen MR) is 63.7 cm³/mol. The Labute approximate surface area is 99.1 Å². The molecule has 0 amide bonds. The van der Waals surface area contributed by atoms with Gasteiger partial charge in [0.05, 0.1) is 23.1 Å². The van der Waals surface area contributed by atoms with Crippen LogP contribution in [0.5, 0.6) is 0 Å². The standard InChI is InChI=1S/C11H13ClN4/c1-8(13)2-9-3-11(6-14-4-9)16-7-10(12)5-15-16/h3-8H,2,13H2,1H3. The highest BCUT2D eigenvalue weighted by molar-refractivity contribution is 6.30. The molecule has 0 radical (unpaired) electrons. The summed E-state index contributed by atoms with van der Waals surface area (Å²) in [5.41, 5.74) is 7.74. The monoisotopic (exact) mass is 236 g/mol. The Morgan fingerprint density at radius 2 is 2.25 bits per heavy atom. The molecule has 0 bridgehead atoms. The van der Waals surface area contributed by atoms with Crippen LogP contribution in [0.15, 0.2) is 30.9 Å². The van der Waals surface area contributed by atoms with Gasteiger partial charge in [-0.2, -0.15) is 5.10 Å². The maximum absolute atomic E-state index is 5.81. The zero-order chi connectivity index (χ0) is 11.5. The van der Waals surface area contributed by atoms with Gasteiger partial charge >= 0.3 is 0 Å². The van der Waals surface area contributed by atoms with E-state index in [1.54, 1.807) is 23.3 Å². The third-order valence-electron chi connectivity index (χ3n) is 2.15. The third kappa shape index (κ3) is 2.59. The molecule has 0 aliphatic carbocycles. The maximum Gasteiger partial charge on any atom is 0.0832 e. The van der Waals surface area contributed by atoms with Crippen molar-refractivity contribution in [1.82, 2.24) is 14.8 Å². The molecule has 0 saturated heterocycles. The molecule has 0 spiro atoms. The largest absolute Gasteiger partial charge is 0.328 e. The Balaban J connectivity index is 2.28. The Hall–Kier alpha value is -1.39. The van der Waals surface area contributed by atoms with Crippen LogP contribution in [0.2, 0.25) is 5.02 Å². The zero-order valence-electron chi connectivity index (χ0n) is 8.97. The number of nitrogens with zero attached hydrogens (tertiary/aromatic N) is 3. The molecule has 0 aliphatic rings. The quantitative estimate of drug-likeness (QED) is 0.884. The van der Waals surface area contributed by atoms with E-state index < -0.39 is 0 Å². The molecule has 2 heterocycles. The topological polar surface area (TPSA) is 56.7 Å². The van der Waals surface area contributed by atoms with E-state index in [0.29, 0.717) is 5.02 Å². The summed E-state index contributed by atoms with van der Waals surface area (Å²) in [6, 6.07) is 2.14. The molecule has 2 aromatic heterocycles. The number of nitrogens with two attached hydrogens (primary N) is 1. The minimum Gasteiger partial charge on any atom is -0.328 e. The van der Waals surface area contributed by atoms with Crippen molar-refractivity contribution in [2.75, 3.05) is 0 Å². The average Bonchev–Trinajstić information content (AvgIpc) is 2.64. The first-order valence-electron chi connectivity index (χ1n) is 5.05. The van der Waals surface area contributed by atoms with Crippen LogP contribution in [0.25, 0.3) is 5.69 Å². The normalized spacial score (nSPS) is 12.7. The summed E-state index contributed by atoms with van der Waals surface area (Å²) in [5.74, 6) is 0. The summed E-state index contributed by atoms with van der Waals surface area (Å²) in [5, 5.41) is 4.73. The van der Waals surface area contributed by atoms with E-state index in [2.05, 4.69) is 10.1 Å². The fraction of sp³-hybridized carbons (Fsp3) is 0.273. The number of halogens is 1. The fourth-order valence-corrected chi connectivity index (χ4v) is 1.66. The second-order valence-electron chi connectivity index (χ2n) is 3.84. The molecule has 0 aliphatic heterocycles. The molecule has 2 aromatic rings. The first-order valence-corrected chi connectivity index (χ1v) is 5.43. The Kier molecular flexibility index (Phi) is 3.22. The van der Waals surface area contributed by atoms with E-state index in [1.165, 1.54) is 0 Å². The van der Waals surface area contributed by atoms with Crippen molar-refractivity contribution in [2.45, 2.75) is 19.4 Å². The molecule has 4 nitrogen and oxygen atoms in total. The number of hydrogen-bond acceptors (Lipinski definition) is 3. The molecule has 0 fully saturated rings. The smallest absolute Gasteiger partial charge is 0.0832 e. The molecule has 2 rings (SSSR count). The van der Waals surface area contributed by atoms with Crippen LogP contribution in [0.1, 0.15) is 12.5 Å². The van der Waals surface area contributed by atoms with Crippen LogP contribution < -0.4 is 5.73 Å². The molecule has 1 unspecified atom stereocenters. The van der Waals surface area contributed by atoms with Gasteiger partial charge in [0.25, 0.3) is 0 Å². The molecule has 0 saturated carbocycles. The van der Waals surface area contributed by atoms with Gasteiger partial charge in [-0.15, -0.1) is 0 Å². The van der Waals surface area contributed by atoms with Gasteiger partial charge < -0.3 is 5.73 Å². The summed E-state index contributed by atoms with van der Waals surface area (Å²) in [7, 11) is 0. The Bertz CT molecular complexity index is 478. The number of pyridine rings is 1. The lowest BCUT2D eigenvalue weighted by atomic mass is 10.1. The highest BCUT2D eigenvalue weighted by Crippen LogP contribution is 2.12. The van der Waals surface area contributed by atoms with E-state index in [9.17, 15) is 0 Å². The average molecular weight is 237 g/mol. The SMILES string of the molecule is CC(N)Cc1cncc(-n2cc(Cl)cn2)c1. The van der Waals surface area contributed by atoms with Gasteiger partial charge in [-0.3, -0.25) is 4.98 Å². The van der Waals surface area contributed by atoms with Gasteiger partial charge in [0.15, 0.2) is 0 Å². The van der Waals surface area contributed by atoms with Crippen LogP contribution in [0, 0.1) is 0 Å². The number of aromatic nitrogens is 3. The fourth-order valence-electron chi connectivity index (χ4n) is 1.52. The molecule has 0 aromatic carbocycles. The minimum absolute atomic E-state index is 0.123. The second-order valence-corrected chi connectivity index (χ2v) is 4.27. The molecule has 1 atom stereocenters. The van der Waals surface area contributed by atoms with Crippen molar-refractivity contribution in [2.24, 2.45) is 5.73 Å². The van der Waals surface area contributed by atoms with Crippen molar-refractivity contribution in [3.63, 3.8) is 0 Å². The lowest BCUT2D eigenvalue weighted by Crippen LogP contribution is -2.18. The lowest BCUT2D eigenvalue weighted by molar-refractivity contribution is 0.733. The van der Waals surface area contributed by atoms with E-state index >= 15 is 0 Å². The zero-order valence-corrected chi connectivity index (χ0v) is 9.72. The van der Waals surface area contributed by atoms with Gasteiger partial charge in [0.2, 0.25) is 0 Å². The van der Waals surface area contributed by atoms with Gasteiger partial charge in [0, 0.05) is 18.4 Å². The van der Waals surface area contributed by atoms with Crippen molar-refractivity contribution in [1.29, 1.82) is 0 Å². The third-order valence-corrected chi connectivity index (χ3v) is 2.35. The summed E-state index contributed by atoms with van der Waals surface area (Å²) < 4.78 is 1.69. The Morgan fingerprint density at radius 1 is 1.44 bits per heavy atom. The molecular formula is C11H13ClN4. The first kappa shape index (κ1) is 11.1. The van der Waals surface area contributed by atoms with Crippen molar-refractivity contribution >= 4 is 11.6 Å². The lowest BCUT2D eigenvalue weighted by Gasteiger charge is -2.06. The summed E-state index contributed by atoms with van der Waals surface area (Å²) in [6.45, 7) is 1.97. The van der Waals surface area contributed by atoms with E-state index in [1.807, 2.05) is 19.2 Å². The van der Waals surface area contributed by atoms with Gasteiger partial charge in [-0.05, 0) is 25.0 Å². The summed E-state index contributed by atoms with van der Waals surface area (Å²) in [4.78, 5) is 4.16. The second kappa shape index (κ2) is 4.63. The van der Waals surface area contributed by atoms with Gasteiger partial charge in [-0.25, -0.2) is 4.68 Å². The van der Waals surface area contributed by atoms with Crippen molar-refractivity contribution in [3.05, 3.63) is 41.4 Å². The molecular weight excluding hydrogens is 224 g/mol. The maximum atomic E-state index is 5.81. The Morgan fingerprint density at radius 3 is 2.88 bits per heavy atom. The predicted octanol–water partition coefficient (Wildman–Crippen LogP) is 1.81. The van der Waals surface area contributed by atoms with Crippen molar-refractivity contribution < 1.29 is 0 Å². The van der Waals surface area contributed by atoms with Gasteiger partial charge in [-0.1, -0.05) is 11.6 Å². The first-order chi connectivity index (χ1) is 7.65. The minimum atomic E-state index is 0.123.